The summed E-state index contributed by atoms with van der Waals surface area (Å²) in [5, 5.41) is 6.50. The molecule has 144 valence electrons. The smallest absolute Gasteiger partial charge is 0.238 e. The van der Waals surface area contributed by atoms with Gasteiger partial charge in [0.1, 0.15) is 0 Å². The van der Waals surface area contributed by atoms with E-state index in [1.54, 1.807) is 0 Å². The Hall–Kier alpha value is -1.69. The number of amides is 1. The first kappa shape index (κ1) is 20.1. The van der Waals surface area contributed by atoms with Gasteiger partial charge in [0, 0.05) is 28.9 Å². The predicted octanol–water partition coefficient (Wildman–Crippen LogP) is 4.81. The standard InChI is InChI=1S/C22H27BrN2O2/c1-16(2)17-6-8-20(9-7-17)25-21(26)15-24-22(10-12-27-13-11-22)18-4-3-5-19(23)14-18/h3-9,14,16,24H,10-13,15H2,1-2H3,(H,25,26). The Bertz CT molecular complexity index is 768. The minimum absolute atomic E-state index is 0.0341. The SMILES string of the molecule is CC(C)c1ccc(NC(=O)CNC2(c3cccc(Br)c3)CCOCC2)cc1. The summed E-state index contributed by atoms with van der Waals surface area (Å²) >= 11 is 3.55. The van der Waals surface area contributed by atoms with Crippen molar-refractivity contribution in [2.75, 3.05) is 25.1 Å². The zero-order valence-corrected chi connectivity index (χ0v) is 17.5. The molecule has 0 atom stereocenters. The highest BCUT2D eigenvalue weighted by atomic mass is 79.9. The van der Waals surface area contributed by atoms with Crippen LogP contribution >= 0.6 is 15.9 Å². The highest BCUT2D eigenvalue weighted by Crippen LogP contribution is 2.33. The monoisotopic (exact) mass is 430 g/mol. The molecule has 2 aromatic rings. The molecule has 0 radical (unpaired) electrons. The number of carbonyl (C=O) groups excluding carboxylic acids is 1. The Morgan fingerprint density at radius 1 is 1.15 bits per heavy atom. The maximum atomic E-state index is 12.5. The van der Waals surface area contributed by atoms with Crippen LogP contribution in [0, 0.1) is 0 Å². The lowest BCUT2D eigenvalue weighted by molar-refractivity contribution is -0.116. The first-order valence-corrected chi connectivity index (χ1v) is 10.3. The van der Waals surface area contributed by atoms with Crippen molar-refractivity contribution in [3.05, 3.63) is 64.1 Å². The van der Waals surface area contributed by atoms with E-state index >= 15 is 0 Å². The third-order valence-electron chi connectivity index (χ3n) is 5.17. The van der Waals surface area contributed by atoms with E-state index in [0.717, 1.165) is 23.0 Å². The van der Waals surface area contributed by atoms with E-state index in [2.05, 4.69) is 64.7 Å². The fourth-order valence-electron chi connectivity index (χ4n) is 3.48. The van der Waals surface area contributed by atoms with Gasteiger partial charge in [0.2, 0.25) is 5.91 Å². The number of anilines is 1. The number of benzene rings is 2. The fraction of sp³-hybridized carbons (Fsp3) is 0.409. The fourth-order valence-corrected chi connectivity index (χ4v) is 3.88. The topological polar surface area (TPSA) is 50.4 Å². The summed E-state index contributed by atoms with van der Waals surface area (Å²) in [5.41, 5.74) is 3.05. The van der Waals surface area contributed by atoms with Gasteiger partial charge in [0.05, 0.1) is 6.54 Å². The average Bonchev–Trinajstić information content (AvgIpc) is 2.67. The van der Waals surface area contributed by atoms with Crippen LogP contribution in [0.4, 0.5) is 5.69 Å². The summed E-state index contributed by atoms with van der Waals surface area (Å²) in [5.74, 6) is 0.447. The van der Waals surface area contributed by atoms with E-state index in [1.807, 2.05) is 24.3 Å². The lowest BCUT2D eigenvalue weighted by Gasteiger charge is -2.38. The average molecular weight is 431 g/mol. The molecule has 1 fully saturated rings. The number of hydrogen-bond donors (Lipinski definition) is 2. The normalized spacial score (nSPS) is 16.3. The van der Waals surface area contributed by atoms with Gasteiger partial charge in [-0.3, -0.25) is 10.1 Å². The van der Waals surface area contributed by atoms with Crippen LogP contribution in [0.5, 0.6) is 0 Å². The maximum Gasteiger partial charge on any atom is 0.238 e. The van der Waals surface area contributed by atoms with E-state index in [4.69, 9.17) is 4.74 Å². The lowest BCUT2D eigenvalue weighted by Crippen LogP contribution is -2.49. The molecule has 0 aliphatic carbocycles. The molecule has 0 saturated carbocycles. The molecular formula is C22H27BrN2O2. The van der Waals surface area contributed by atoms with Crippen LogP contribution in [0.3, 0.4) is 0 Å². The van der Waals surface area contributed by atoms with Gasteiger partial charge in [-0.1, -0.05) is 54.0 Å². The van der Waals surface area contributed by atoms with E-state index in [1.165, 1.54) is 11.1 Å². The Morgan fingerprint density at radius 3 is 2.48 bits per heavy atom. The Kier molecular flexibility index (Phi) is 6.68. The molecule has 1 amide bonds. The molecule has 0 spiro atoms. The van der Waals surface area contributed by atoms with Crippen molar-refractivity contribution in [3.8, 4) is 0 Å². The highest BCUT2D eigenvalue weighted by Gasteiger charge is 2.34. The molecule has 0 aromatic heterocycles. The highest BCUT2D eigenvalue weighted by molar-refractivity contribution is 9.10. The number of nitrogens with one attached hydrogen (secondary N) is 2. The van der Waals surface area contributed by atoms with Crippen LogP contribution in [-0.2, 0) is 15.1 Å². The molecule has 3 rings (SSSR count). The van der Waals surface area contributed by atoms with Gasteiger partial charge in [0.15, 0.2) is 0 Å². The summed E-state index contributed by atoms with van der Waals surface area (Å²) in [7, 11) is 0. The quantitative estimate of drug-likeness (QED) is 0.691. The lowest BCUT2D eigenvalue weighted by atomic mass is 9.82. The molecule has 27 heavy (non-hydrogen) atoms. The van der Waals surface area contributed by atoms with Crippen LogP contribution in [0.2, 0.25) is 0 Å². The van der Waals surface area contributed by atoms with Gasteiger partial charge < -0.3 is 10.1 Å². The number of rotatable bonds is 6. The molecule has 1 aliphatic heterocycles. The van der Waals surface area contributed by atoms with Crippen LogP contribution in [0.15, 0.2) is 53.0 Å². The number of ether oxygens (including phenoxy) is 1. The minimum atomic E-state index is -0.235. The zero-order valence-electron chi connectivity index (χ0n) is 15.9. The van der Waals surface area contributed by atoms with Crippen molar-refractivity contribution in [2.45, 2.75) is 38.1 Å². The first-order chi connectivity index (χ1) is 13.0. The second-order valence-electron chi connectivity index (χ2n) is 7.38. The number of hydrogen-bond acceptors (Lipinski definition) is 3. The van der Waals surface area contributed by atoms with Crippen molar-refractivity contribution < 1.29 is 9.53 Å². The molecule has 1 saturated heterocycles. The van der Waals surface area contributed by atoms with E-state index < -0.39 is 0 Å². The maximum absolute atomic E-state index is 12.5. The van der Waals surface area contributed by atoms with Crippen molar-refractivity contribution in [3.63, 3.8) is 0 Å². The third-order valence-corrected chi connectivity index (χ3v) is 5.67. The molecule has 0 unspecified atom stereocenters. The van der Waals surface area contributed by atoms with Gasteiger partial charge in [-0.05, 0) is 54.2 Å². The molecular weight excluding hydrogens is 404 g/mol. The molecule has 1 heterocycles. The van der Waals surface area contributed by atoms with Gasteiger partial charge in [0.25, 0.3) is 0 Å². The van der Waals surface area contributed by atoms with Crippen molar-refractivity contribution in [1.82, 2.24) is 5.32 Å². The molecule has 5 heteroatoms. The summed E-state index contributed by atoms with van der Waals surface area (Å²) in [4.78, 5) is 12.5. The van der Waals surface area contributed by atoms with E-state index in [-0.39, 0.29) is 18.0 Å². The summed E-state index contributed by atoms with van der Waals surface area (Å²) in [6, 6.07) is 16.4. The summed E-state index contributed by atoms with van der Waals surface area (Å²) in [6.07, 6.45) is 1.69. The predicted molar refractivity (Wildman–Crippen MR) is 113 cm³/mol. The molecule has 0 bridgehead atoms. The van der Waals surface area contributed by atoms with Crippen molar-refractivity contribution in [2.24, 2.45) is 0 Å². The van der Waals surface area contributed by atoms with E-state index in [9.17, 15) is 4.79 Å². The van der Waals surface area contributed by atoms with Gasteiger partial charge in [-0.15, -0.1) is 0 Å². The number of carbonyl (C=O) groups is 1. The summed E-state index contributed by atoms with van der Waals surface area (Å²) in [6.45, 7) is 5.97. The van der Waals surface area contributed by atoms with Crippen LogP contribution in [-0.4, -0.2) is 25.7 Å². The van der Waals surface area contributed by atoms with Crippen LogP contribution in [0.25, 0.3) is 0 Å². The minimum Gasteiger partial charge on any atom is -0.381 e. The zero-order chi connectivity index (χ0) is 19.3. The Balaban J connectivity index is 1.65. The Morgan fingerprint density at radius 2 is 1.85 bits per heavy atom. The largest absolute Gasteiger partial charge is 0.381 e. The van der Waals surface area contributed by atoms with Gasteiger partial charge in [-0.2, -0.15) is 0 Å². The first-order valence-electron chi connectivity index (χ1n) is 9.47. The molecule has 1 aliphatic rings. The molecule has 4 nitrogen and oxygen atoms in total. The van der Waals surface area contributed by atoms with Crippen LogP contribution < -0.4 is 10.6 Å². The Labute approximate surface area is 169 Å². The second-order valence-corrected chi connectivity index (χ2v) is 8.30. The van der Waals surface area contributed by atoms with Gasteiger partial charge >= 0.3 is 0 Å². The van der Waals surface area contributed by atoms with E-state index in [0.29, 0.717) is 19.1 Å². The van der Waals surface area contributed by atoms with Crippen molar-refractivity contribution >= 4 is 27.5 Å². The molecule has 2 N–H and O–H groups in total. The van der Waals surface area contributed by atoms with Crippen molar-refractivity contribution in [1.29, 1.82) is 0 Å². The summed E-state index contributed by atoms with van der Waals surface area (Å²) < 4.78 is 6.60. The third kappa shape index (κ3) is 5.18. The van der Waals surface area contributed by atoms with Crippen LogP contribution in [0.1, 0.15) is 43.7 Å². The van der Waals surface area contributed by atoms with Gasteiger partial charge in [-0.25, -0.2) is 0 Å². The second kappa shape index (κ2) is 9.00. The molecule has 2 aromatic carbocycles. The number of halogens is 1.